The molecule has 1 unspecified atom stereocenters. The monoisotopic (exact) mass is 313 g/mol. The lowest BCUT2D eigenvalue weighted by Crippen LogP contribution is -2.52. The van der Waals surface area contributed by atoms with Gasteiger partial charge in [0.15, 0.2) is 5.82 Å². The number of aromatic nitrogens is 1. The number of halogens is 1. The Morgan fingerprint density at radius 3 is 2.86 bits per heavy atom. The smallest absolute Gasteiger partial charge is 0.263 e. The molecule has 0 bridgehead atoms. The summed E-state index contributed by atoms with van der Waals surface area (Å²) >= 11 is 0. The molecule has 0 saturated carbocycles. The van der Waals surface area contributed by atoms with E-state index in [2.05, 4.69) is 10.3 Å². The molecule has 1 aromatic heterocycles. The van der Waals surface area contributed by atoms with Crippen LogP contribution >= 0.6 is 0 Å². The van der Waals surface area contributed by atoms with Crippen LogP contribution in [-0.2, 0) is 10.0 Å². The van der Waals surface area contributed by atoms with Crippen molar-refractivity contribution in [2.45, 2.75) is 30.7 Å². The van der Waals surface area contributed by atoms with Crippen LogP contribution in [0, 0.1) is 11.2 Å². The molecule has 2 aliphatic rings. The van der Waals surface area contributed by atoms with E-state index in [1.807, 2.05) is 0 Å². The molecule has 1 atom stereocenters. The topological polar surface area (TPSA) is 62.3 Å². The number of hydrogen-bond donors (Lipinski definition) is 1. The molecule has 2 fully saturated rings. The van der Waals surface area contributed by atoms with E-state index in [9.17, 15) is 12.8 Å². The molecule has 0 amide bonds. The fourth-order valence-electron chi connectivity index (χ4n) is 3.43. The third-order valence-corrected chi connectivity index (χ3v) is 6.28. The van der Waals surface area contributed by atoms with Gasteiger partial charge in [0.25, 0.3) is 10.0 Å². The van der Waals surface area contributed by atoms with E-state index in [0.717, 1.165) is 44.8 Å². The molecule has 2 aliphatic heterocycles. The molecule has 2 saturated heterocycles. The zero-order valence-corrected chi connectivity index (χ0v) is 12.7. The highest BCUT2D eigenvalue weighted by molar-refractivity contribution is 7.89. The maximum absolute atomic E-state index is 13.8. The summed E-state index contributed by atoms with van der Waals surface area (Å²) in [6.45, 7) is 2.73. The van der Waals surface area contributed by atoms with E-state index in [4.69, 9.17) is 0 Å². The van der Waals surface area contributed by atoms with E-state index in [0.29, 0.717) is 13.1 Å². The Hall–Kier alpha value is -1.05. The van der Waals surface area contributed by atoms with Crippen molar-refractivity contribution >= 4 is 10.0 Å². The number of nitrogens with zero attached hydrogens (tertiary/aromatic N) is 2. The molecule has 3 rings (SSSR count). The van der Waals surface area contributed by atoms with Gasteiger partial charge in [0.1, 0.15) is 0 Å². The minimum absolute atomic E-state index is 0.00513. The van der Waals surface area contributed by atoms with Crippen LogP contribution in [0.3, 0.4) is 0 Å². The highest BCUT2D eigenvalue weighted by Crippen LogP contribution is 2.37. The zero-order valence-electron chi connectivity index (χ0n) is 11.9. The number of sulfonamides is 1. The Balaban J connectivity index is 1.87. The van der Waals surface area contributed by atoms with Crippen LogP contribution < -0.4 is 5.32 Å². The highest BCUT2D eigenvalue weighted by Gasteiger charge is 2.41. The van der Waals surface area contributed by atoms with Gasteiger partial charge < -0.3 is 5.32 Å². The fourth-order valence-corrected chi connectivity index (χ4v) is 5.00. The van der Waals surface area contributed by atoms with E-state index >= 15 is 0 Å². The van der Waals surface area contributed by atoms with Gasteiger partial charge in [-0.2, -0.15) is 4.31 Å². The molecule has 1 spiro atoms. The van der Waals surface area contributed by atoms with Crippen LogP contribution in [-0.4, -0.2) is 43.9 Å². The fraction of sp³-hybridized carbons (Fsp3) is 0.643. The maximum atomic E-state index is 13.8. The number of hydrogen-bond acceptors (Lipinski definition) is 4. The van der Waals surface area contributed by atoms with Gasteiger partial charge in [0.2, 0.25) is 5.03 Å². The largest absolute Gasteiger partial charge is 0.316 e. The minimum Gasteiger partial charge on any atom is -0.316 e. The van der Waals surface area contributed by atoms with Crippen molar-refractivity contribution in [1.82, 2.24) is 14.6 Å². The predicted octanol–water partition coefficient (Wildman–Crippen LogP) is 1.38. The number of piperidine rings is 2. The first-order valence-corrected chi connectivity index (χ1v) is 8.79. The maximum Gasteiger partial charge on any atom is 0.263 e. The lowest BCUT2D eigenvalue weighted by atomic mass is 9.75. The Morgan fingerprint density at radius 2 is 2.14 bits per heavy atom. The molecular formula is C14H20FN3O2S. The second kappa shape index (κ2) is 5.62. The number of rotatable bonds is 2. The first kappa shape index (κ1) is 14.9. The molecular weight excluding hydrogens is 293 g/mol. The summed E-state index contributed by atoms with van der Waals surface area (Å²) in [6, 6.07) is 2.54. The van der Waals surface area contributed by atoms with Crippen molar-refractivity contribution in [1.29, 1.82) is 0 Å². The van der Waals surface area contributed by atoms with E-state index in [-0.39, 0.29) is 5.41 Å². The first-order chi connectivity index (χ1) is 10.0. The molecule has 5 nitrogen and oxygen atoms in total. The van der Waals surface area contributed by atoms with E-state index in [1.54, 1.807) is 0 Å². The number of nitrogens with one attached hydrogen (secondary N) is 1. The summed E-state index contributed by atoms with van der Waals surface area (Å²) in [6.07, 6.45) is 5.24. The van der Waals surface area contributed by atoms with Gasteiger partial charge in [-0.15, -0.1) is 0 Å². The van der Waals surface area contributed by atoms with Crippen LogP contribution in [0.2, 0.25) is 0 Å². The SMILES string of the molecule is O=S(=O)(c1ncccc1F)N1CCCC2(CCCNC2)C1. The molecule has 0 radical (unpaired) electrons. The zero-order chi connectivity index (χ0) is 14.9. The van der Waals surface area contributed by atoms with Crippen LogP contribution in [0.5, 0.6) is 0 Å². The minimum atomic E-state index is -3.85. The van der Waals surface area contributed by atoms with Crippen LogP contribution in [0.15, 0.2) is 23.4 Å². The lowest BCUT2D eigenvalue weighted by Gasteiger charge is -2.44. The molecule has 21 heavy (non-hydrogen) atoms. The number of pyridine rings is 1. The molecule has 3 heterocycles. The van der Waals surface area contributed by atoms with E-state index in [1.165, 1.54) is 16.6 Å². The van der Waals surface area contributed by atoms with Crippen molar-refractivity contribution in [3.8, 4) is 0 Å². The van der Waals surface area contributed by atoms with Crippen molar-refractivity contribution in [3.05, 3.63) is 24.1 Å². The van der Waals surface area contributed by atoms with Gasteiger partial charge in [-0.3, -0.25) is 0 Å². The lowest BCUT2D eigenvalue weighted by molar-refractivity contribution is 0.110. The highest BCUT2D eigenvalue weighted by atomic mass is 32.2. The second-order valence-electron chi connectivity index (χ2n) is 6.01. The van der Waals surface area contributed by atoms with Gasteiger partial charge in [-0.1, -0.05) is 0 Å². The van der Waals surface area contributed by atoms with Gasteiger partial charge in [0, 0.05) is 25.8 Å². The summed E-state index contributed by atoms with van der Waals surface area (Å²) in [4.78, 5) is 3.74. The average molecular weight is 313 g/mol. The van der Waals surface area contributed by atoms with Gasteiger partial charge in [-0.25, -0.2) is 17.8 Å². The quantitative estimate of drug-likeness (QED) is 0.896. The molecule has 0 aromatic carbocycles. The van der Waals surface area contributed by atoms with Crippen molar-refractivity contribution in [2.75, 3.05) is 26.2 Å². The van der Waals surface area contributed by atoms with Gasteiger partial charge in [0.05, 0.1) is 0 Å². The Kier molecular flexibility index (Phi) is 3.98. The van der Waals surface area contributed by atoms with Crippen molar-refractivity contribution in [3.63, 3.8) is 0 Å². The van der Waals surface area contributed by atoms with Crippen LogP contribution in [0.25, 0.3) is 0 Å². The molecule has 7 heteroatoms. The van der Waals surface area contributed by atoms with Crippen molar-refractivity contribution < 1.29 is 12.8 Å². The predicted molar refractivity (Wildman–Crippen MR) is 76.7 cm³/mol. The summed E-state index contributed by atoms with van der Waals surface area (Å²) in [5.74, 6) is -0.779. The summed E-state index contributed by atoms with van der Waals surface area (Å²) in [7, 11) is -3.85. The normalized spacial score (nSPS) is 27.9. The first-order valence-electron chi connectivity index (χ1n) is 7.35. The summed E-state index contributed by atoms with van der Waals surface area (Å²) in [5.41, 5.74) is -0.00513. The molecule has 1 aromatic rings. The van der Waals surface area contributed by atoms with Crippen molar-refractivity contribution in [2.24, 2.45) is 5.41 Å². The summed E-state index contributed by atoms with van der Waals surface area (Å²) in [5, 5.41) is 2.90. The Labute approximate surface area is 124 Å². The van der Waals surface area contributed by atoms with Gasteiger partial charge in [-0.05, 0) is 49.8 Å². The third kappa shape index (κ3) is 2.82. The second-order valence-corrected chi connectivity index (χ2v) is 7.87. The molecule has 1 N–H and O–H groups in total. The third-order valence-electron chi connectivity index (χ3n) is 4.50. The molecule has 0 aliphatic carbocycles. The van der Waals surface area contributed by atoms with Gasteiger partial charge >= 0.3 is 0 Å². The molecule has 116 valence electrons. The van der Waals surface area contributed by atoms with Crippen LogP contribution in [0.4, 0.5) is 4.39 Å². The standard InChI is InChI=1S/C14H20FN3O2S/c15-12-4-1-8-17-13(12)21(19,20)18-9-3-6-14(11-18)5-2-7-16-10-14/h1,4,8,16H,2-3,5-7,9-11H2. The Bertz CT molecular complexity index is 609. The Morgan fingerprint density at radius 1 is 1.33 bits per heavy atom. The average Bonchev–Trinajstić information content (AvgIpc) is 2.48. The van der Waals surface area contributed by atoms with Crippen LogP contribution in [0.1, 0.15) is 25.7 Å². The summed E-state index contributed by atoms with van der Waals surface area (Å²) < 4.78 is 40.5. The van der Waals surface area contributed by atoms with E-state index < -0.39 is 20.9 Å².